The third kappa shape index (κ3) is 6.41. The Hall–Kier alpha value is -3.20. The third-order valence-corrected chi connectivity index (χ3v) is 9.57. The molecule has 1 nitrogen and oxygen atoms in total. The van der Waals surface area contributed by atoms with Crippen molar-refractivity contribution in [3.8, 4) is 6.07 Å². The van der Waals surface area contributed by atoms with E-state index < -0.39 is 40.6 Å². The zero-order chi connectivity index (χ0) is 29.8. The van der Waals surface area contributed by atoms with Gasteiger partial charge in [0.1, 0.15) is 29.1 Å². The van der Waals surface area contributed by atoms with Crippen LogP contribution in [-0.2, 0) is 25.7 Å². The second-order valence-corrected chi connectivity index (χ2v) is 12.3. The minimum absolute atomic E-state index is 0.167. The quantitative estimate of drug-likeness (QED) is 0.141. The van der Waals surface area contributed by atoms with Crippen molar-refractivity contribution in [3.05, 3.63) is 104 Å². The maximum absolute atomic E-state index is 15.8. The van der Waals surface area contributed by atoms with Gasteiger partial charge in [0.05, 0.1) is 0 Å². The van der Waals surface area contributed by atoms with Crippen molar-refractivity contribution in [2.75, 3.05) is 0 Å². The Kier molecular flexibility index (Phi) is 9.66. The zero-order valence-electron chi connectivity index (χ0n) is 24.2. The Morgan fingerprint density at radius 1 is 0.738 bits per heavy atom. The molecule has 0 amide bonds. The van der Waals surface area contributed by atoms with Crippen LogP contribution in [0.5, 0.6) is 0 Å². The molecule has 42 heavy (non-hydrogen) atoms. The molecule has 222 valence electrons. The molecule has 0 spiro atoms. The van der Waals surface area contributed by atoms with Gasteiger partial charge < -0.3 is 0 Å². The minimum atomic E-state index is -1.08. The van der Waals surface area contributed by atoms with E-state index in [1.807, 2.05) is 0 Å². The molecule has 1 unspecified atom stereocenters. The molecular formula is C36H38F5N. The number of hydrogen-bond acceptors (Lipinski definition) is 1. The molecule has 1 saturated carbocycles. The first-order valence-electron chi connectivity index (χ1n) is 15.5. The maximum Gasteiger partial charge on any atom is 0.165 e. The van der Waals surface area contributed by atoms with Gasteiger partial charge in [0.25, 0.3) is 0 Å². The molecule has 5 rings (SSSR count). The van der Waals surface area contributed by atoms with Gasteiger partial charge in [-0.1, -0.05) is 44.0 Å². The highest BCUT2D eigenvalue weighted by Gasteiger charge is 2.34. The van der Waals surface area contributed by atoms with E-state index in [9.17, 15) is 8.78 Å². The highest BCUT2D eigenvalue weighted by molar-refractivity contribution is 5.41. The highest BCUT2D eigenvalue weighted by Crippen LogP contribution is 2.45. The number of halogens is 5. The summed E-state index contributed by atoms with van der Waals surface area (Å²) in [5.74, 6) is -4.92. The SMILES string of the molecule is CCCCCc1ccc(CCC2CCc3c(F)c(C4CCC(c5cc(F)c(C#N)c(F)c5)CC4)c(F)c(F)c3C2)cc1. The van der Waals surface area contributed by atoms with Gasteiger partial charge in [-0.2, -0.15) is 5.26 Å². The normalized spacial score (nSPS) is 20.3. The van der Waals surface area contributed by atoms with Crippen molar-refractivity contribution in [1.82, 2.24) is 0 Å². The van der Waals surface area contributed by atoms with Crippen LogP contribution in [0, 0.1) is 46.3 Å². The average molecular weight is 580 g/mol. The predicted octanol–water partition coefficient (Wildman–Crippen LogP) is 10.2. The van der Waals surface area contributed by atoms with Crippen LogP contribution in [0.2, 0.25) is 0 Å². The molecule has 3 aromatic carbocycles. The van der Waals surface area contributed by atoms with Crippen LogP contribution >= 0.6 is 0 Å². The van der Waals surface area contributed by atoms with Gasteiger partial charge in [-0.05, 0) is 128 Å². The van der Waals surface area contributed by atoms with Gasteiger partial charge in [-0.25, -0.2) is 22.0 Å². The van der Waals surface area contributed by atoms with Crippen molar-refractivity contribution < 1.29 is 22.0 Å². The standard InChI is InChI=1S/C36H38F5N/c1-2-3-4-5-22-6-8-23(9-7-22)10-11-24-12-17-28-29(18-24)35(40)36(41)33(34(28)39)26-15-13-25(14-16-26)27-19-31(37)30(21-42)32(38)20-27/h6-9,19-20,24-26H,2-5,10-18H2,1H3. The second-order valence-electron chi connectivity index (χ2n) is 12.3. The summed E-state index contributed by atoms with van der Waals surface area (Å²) >= 11 is 0. The van der Waals surface area contributed by atoms with E-state index in [1.54, 1.807) is 0 Å². The molecular weight excluding hydrogens is 541 g/mol. The molecule has 0 aliphatic heterocycles. The molecule has 0 aromatic heterocycles. The van der Waals surface area contributed by atoms with Gasteiger partial charge in [0.2, 0.25) is 0 Å². The van der Waals surface area contributed by atoms with E-state index in [4.69, 9.17) is 5.26 Å². The lowest BCUT2D eigenvalue weighted by Crippen LogP contribution is -2.22. The summed E-state index contributed by atoms with van der Waals surface area (Å²) in [7, 11) is 0. The molecule has 0 radical (unpaired) electrons. The lowest BCUT2D eigenvalue weighted by atomic mass is 9.73. The Morgan fingerprint density at radius 3 is 1.98 bits per heavy atom. The van der Waals surface area contributed by atoms with Crippen molar-refractivity contribution in [2.24, 2.45) is 5.92 Å². The summed E-state index contributed by atoms with van der Waals surface area (Å²) in [5.41, 5.74) is 2.73. The van der Waals surface area contributed by atoms with Crippen LogP contribution in [0.4, 0.5) is 22.0 Å². The molecule has 1 fully saturated rings. The summed E-state index contributed by atoms with van der Waals surface area (Å²) in [4.78, 5) is 0. The van der Waals surface area contributed by atoms with Crippen molar-refractivity contribution in [2.45, 2.75) is 102 Å². The lowest BCUT2D eigenvalue weighted by molar-refractivity contribution is 0.353. The van der Waals surface area contributed by atoms with Crippen LogP contribution in [0.25, 0.3) is 0 Å². The van der Waals surface area contributed by atoms with Gasteiger partial charge >= 0.3 is 0 Å². The number of unbranched alkanes of at least 4 members (excludes halogenated alkanes) is 2. The van der Waals surface area contributed by atoms with Gasteiger partial charge in [0.15, 0.2) is 11.6 Å². The second kappa shape index (κ2) is 13.4. The molecule has 0 bridgehead atoms. The first-order chi connectivity index (χ1) is 20.3. The summed E-state index contributed by atoms with van der Waals surface area (Å²) in [6, 6.07) is 12.6. The molecule has 6 heteroatoms. The number of nitriles is 1. The lowest BCUT2D eigenvalue weighted by Gasteiger charge is -2.32. The fourth-order valence-corrected chi connectivity index (χ4v) is 7.07. The molecule has 3 aromatic rings. The van der Waals surface area contributed by atoms with Crippen molar-refractivity contribution >= 4 is 0 Å². The summed E-state index contributed by atoms with van der Waals surface area (Å²) in [6.07, 6.45) is 9.61. The van der Waals surface area contributed by atoms with Crippen LogP contribution in [0.1, 0.15) is 115 Å². The number of nitrogens with zero attached hydrogens (tertiary/aromatic N) is 1. The third-order valence-electron chi connectivity index (χ3n) is 9.57. The average Bonchev–Trinajstić information content (AvgIpc) is 3.00. The van der Waals surface area contributed by atoms with E-state index >= 15 is 13.2 Å². The monoisotopic (exact) mass is 579 g/mol. The number of fused-ring (bicyclic) bond motifs is 1. The topological polar surface area (TPSA) is 23.8 Å². The summed E-state index contributed by atoms with van der Waals surface area (Å²) < 4.78 is 74.9. The van der Waals surface area contributed by atoms with Crippen molar-refractivity contribution in [3.63, 3.8) is 0 Å². The van der Waals surface area contributed by atoms with Crippen LogP contribution in [0.15, 0.2) is 36.4 Å². The van der Waals surface area contributed by atoms with Crippen LogP contribution in [0.3, 0.4) is 0 Å². The summed E-state index contributed by atoms with van der Waals surface area (Å²) in [5, 5.41) is 8.91. The number of benzene rings is 3. The fourth-order valence-electron chi connectivity index (χ4n) is 7.07. The highest BCUT2D eigenvalue weighted by atomic mass is 19.2. The summed E-state index contributed by atoms with van der Waals surface area (Å²) in [6.45, 7) is 2.20. The molecule has 0 saturated heterocycles. The largest absolute Gasteiger partial charge is 0.206 e. The van der Waals surface area contributed by atoms with Gasteiger partial charge in [-0.15, -0.1) is 0 Å². The van der Waals surface area contributed by atoms with Gasteiger partial charge in [0, 0.05) is 5.56 Å². The minimum Gasteiger partial charge on any atom is -0.206 e. The smallest absolute Gasteiger partial charge is 0.165 e. The van der Waals surface area contributed by atoms with E-state index in [2.05, 4.69) is 31.2 Å². The van der Waals surface area contributed by atoms with Crippen molar-refractivity contribution in [1.29, 1.82) is 5.26 Å². The van der Waals surface area contributed by atoms with E-state index in [0.29, 0.717) is 49.7 Å². The number of aryl methyl sites for hydroxylation is 2. The Bertz CT molecular complexity index is 1420. The maximum atomic E-state index is 15.8. The van der Waals surface area contributed by atoms with E-state index in [1.165, 1.54) is 48.6 Å². The molecule has 2 aliphatic carbocycles. The first-order valence-corrected chi connectivity index (χ1v) is 15.5. The fraction of sp³-hybridized carbons (Fsp3) is 0.472. The predicted molar refractivity (Wildman–Crippen MR) is 155 cm³/mol. The zero-order valence-corrected chi connectivity index (χ0v) is 24.2. The number of rotatable bonds is 9. The van der Waals surface area contributed by atoms with E-state index in [-0.39, 0.29) is 23.0 Å². The van der Waals surface area contributed by atoms with Gasteiger partial charge in [-0.3, -0.25) is 0 Å². The van der Waals surface area contributed by atoms with Crippen LogP contribution < -0.4 is 0 Å². The molecule has 0 N–H and O–H groups in total. The Balaban J connectivity index is 1.23. The molecule has 1 atom stereocenters. The van der Waals surface area contributed by atoms with Crippen LogP contribution in [-0.4, -0.2) is 0 Å². The molecule has 2 aliphatic rings. The number of hydrogen-bond donors (Lipinski definition) is 0. The molecule has 0 heterocycles. The van der Waals surface area contributed by atoms with E-state index in [0.717, 1.165) is 25.7 Å². The Morgan fingerprint density at radius 2 is 1.36 bits per heavy atom. The Labute approximate surface area is 245 Å². The first kappa shape index (κ1) is 30.3.